The van der Waals surface area contributed by atoms with Crippen molar-refractivity contribution in [3.8, 4) is 0 Å². The molecule has 2 aliphatic rings. The highest BCUT2D eigenvalue weighted by Gasteiger charge is 2.29. The fourth-order valence-electron chi connectivity index (χ4n) is 3.35. The standard InChI is InChI=1S/C18H26N4O2S.2ClH/c1-13-4-2-6-16(20-13)21-18(24)14-5-3-8-22(11-14)17(23)10-15-12-25-9-7-19-15;;/h2,4,6,14-15,19H,3,5,7-12H2,1H3,(H,20,21,24);2*1H. The van der Waals surface area contributed by atoms with Gasteiger partial charge in [-0.05, 0) is 31.9 Å². The second-order valence-corrected chi connectivity index (χ2v) is 7.91. The van der Waals surface area contributed by atoms with Crippen LogP contribution < -0.4 is 10.6 Å². The van der Waals surface area contributed by atoms with E-state index in [0.717, 1.165) is 43.1 Å². The topological polar surface area (TPSA) is 74.3 Å². The normalized spacial score (nSPS) is 22.2. The predicted octanol–water partition coefficient (Wildman–Crippen LogP) is 2.51. The van der Waals surface area contributed by atoms with Gasteiger partial charge in [-0.15, -0.1) is 24.8 Å². The van der Waals surface area contributed by atoms with Crippen LogP contribution in [0.1, 0.15) is 25.0 Å². The number of aromatic nitrogens is 1. The van der Waals surface area contributed by atoms with Gasteiger partial charge in [0, 0.05) is 49.3 Å². The highest BCUT2D eigenvalue weighted by atomic mass is 35.5. The molecule has 3 heterocycles. The molecule has 0 saturated carbocycles. The summed E-state index contributed by atoms with van der Waals surface area (Å²) in [5.74, 6) is 2.64. The van der Waals surface area contributed by atoms with E-state index >= 15 is 0 Å². The molecule has 2 amide bonds. The van der Waals surface area contributed by atoms with Crippen molar-refractivity contribution in [2.75, 3.05) is 36.5 Å². The Hall–Kier alpha value is -1.02. The number of nitrogens with zero attached hydrogens (tertiary/aromatic N) is 2. The lowest BCUT2D eigenvalue weighted by molar-refractivity contribution is -0.135. The quantitative estimate of drug-likeness (QED) is 0.761. The molecule has 2 unspecified atom stereocenters. The number of halogens is 2. The summed E-state index contributed by atoms with van der Waals surface area (Å²) in [6.07, 6.45) is 2.22. The Morgan fingerprint density at radius 3 is 2.89 bits per heavy atom. The van der Waals surface area contributed by atoms with Crippen LogP contribution in [0.4, 0.5) is 5.82 Å². The molecule has 0 bridgehead atoms. The van der Waals surface area contributed by atoms with Crippen molar-refractivity contribution in [2.45, 2.75) is 32.2 Å². The molecule has 152 valence electrons. The van der Waals surface area contributed by atoms with E-state index in [1.165, 1.54) is 0 Å². The van der Waals surface area contributed by atoms with Crippen molar-refractivity contribution < 1.29 is 9.59 Å². The Morgan fingerprint density at radius 2 is 2.19 bits per heavy atom. The van der Waals surface area contributed by atoms with Crippen LogP contribution in [0.15, 0.2) is 18.2 Å². The number of anilines is 1. The van der Waals surface area contributed by atoms with Crippen LogP contribution in [0, 0.1) is 12.8 Å². The van der Waals surface area contributed by atoms with Gasteiger partial charge in [0.2, 0.25) is 11.8 Å². The van der Waals surface area contributed by atoms with Gasteiger partial charge >= 0.3 is 0 Å². The average molecular weight is 435 g/mol. The van der Waals surface area contributed by atoms with Gasteiger partial charge in [0.15, 0.2) is 0 Å². The number of nitrogens with one attached hydrogen (secondary N) is 2. The lowest BCUT2D eigenvalue weighted by Crippen LogP contribution is -2.47. The Bertz CT molecular complexity index is 629. The van der Waals surface area contributed by atoms with E-state index in [2.05, 4.69) is 15.6 Å². The SMILES string of the molecule is Cc1cccc(NC(=O)C2CCCN(C(=O)CC3CSCCN3)C2)n1.Cl.Cl. The minimum atomic E-state index is -0.159. The number of hydrogen-bond acceptors (Lipinski definition) is 5. The van der Waals surface area contributed by atoms with Crippen LogP contribution in [-0.2, 0) is 9.59 Å². The number of piperidine rings is 1. The number of likely N-dealkylation sites (tertiary alicyclic amines) is 1. The summed E-state index contributed by atoms with van der Waals surface area (Å²) in [6.45, 7) is 4.13. The number of carbonyl (C=O) groups is 2. The predicted molar refractivity (Wildman–Crippen MR) is 115 cm³/mol. The first-order valence-electron chi connectivity index (χ1n) is 8.95. The Kier molecular flexibility index (Phi) is 10.4. The molecule has 0 spiro atoms. The lowest BCUT2D eigenvalue weighted by atomic mass is 9.96. The summed E-state index contributed by atoms with van der Waals surface area (Å²) < 4.78 is 0. The fourth-order valence-corrected chi connectivity index (χ4v) is 4.30. The number of thioether (sulfide) groups is 1. The van der Waals surface area contributed by atoms with E-state index in [1.54, 1.807) is 6.07 Å². The van der Waals surface area contributed by atoms with E-state index in [0.29, 0.717) is 18.8 Å². The largest absolute Gasteiger partial charge is 0.342 e. The van der Waals surface area contributed by atoms with E-state index in [-0.39, 0.29) is 48.6 Å². The van der Waals surface area contributed by atoms with Gasteiger partial charge < -0.3 is 15.5 Å². The van der Waals surface area contributed by atoms with Crippen molar-refractivity contribution in [3.63, 3.8) is 0 Å². The molecule has 0 aromatic carbocycles. The van der Waals surface area contributed by atoms with Crippen LogP contribution in [0.5, 0.6) is 0 Å². The molecule has 1 aromatic rings. The van der Waals surface area contributed by atoms with Gasteiger partial charge in [0.25, 0.3) is 0 Å². The smallest absolute Gasteiger partial charge is 0.230 e. The highest BCUT2D eigenvalue weighted by Crippen LogP contribution is 2.20. The highest BCUT2D eigenvalue weighted by molar-refractivity contribution is 7.99. The number of carbonyl (C=O) groups excluding carboxylic acids is 2. The zero-order valence-corrected chi connectivity index (χ0v) is 17.9. The van der Waals surface area contributed by atoms with E-state index in [1.807, 2.05) is 35.7 Å². The van der Waals surface area contributed by atoms with Gasteiger partial charge in [-0.25, -0.2) is 4.98 Å². The van der Waals surface area contributed by atoms with Crippen molar-refractivity contribution in [1.29, 1.82) is 0 Å². The molecule has 27 heavy (non-hydrogen) atoms. The first kappa shape index (κ1) is 24.0. The maximum Gasteiger partial charge on any atom is 0.230 e. The van der Waals surface area contributed by atoms with Gasteiger partial charge in [-0.3, -0.25) is 9.59 Å². The Morgan fingerprint density at radius 1 is 1.37 bits per heavy atom. The Balaban J connectivity index is 0.00000182. The molecule has 0 radical (unpaired) electrons. The third kappa shape index (κ3) is 7.14. The lowest BCUT2D eigenvalue weighted by Gasteiger charge is -2.33. The fraction of sp³-hybridized carbons (Fsp3) is 0.611. The second-order valence-electron chi connectivity index (χ2n) is 6.76. The molecule has 2 atom stereocenters. The van der Waals surface area contributed by atoms with Crippen LogP contribution in [0.25, 0.3) is 0 Å². The summed E-state index contributed by atoms with van der Waals surface area (Å²) in [7, 11) is 0. The van der Waals surface area contributed by atoms with Crippen LogP contribution in [0.3, 0.4) is 0 Å². The summed E-state index contributed by atoms with van der Waals surface area (Å²) in [5, 5.41) is 6.29. The number of amides is 2. The van der Waals surface area contributed by atoms with E-state index in [4.69, 9.17) is 0 Å². The molecule has 2 saturated heterocycles. The monoisotopic (exact) mass is 434 g/mol. The molecule has 0 aliphatic carbocycles. The molecule has 2 fully saturated rings. The van der Waals surface area contributed by atoms with Crippen LogP contribution in [-0.4, -0.2) is 58.9 Å². The summed E-state index contributed by atoms with van der Waals surface area (Å²) in [6, 6.07) is 5.83. The van der Waals surface area contributed by atoms with Crippen molar-refractivity contribution >= 4 is 54.2 Å². The molecule has 2 aliphatic heterocycles. The third-order valence-electron chi connectivity index (χ3n) is 4.70. The summed E-state index contributed by atoms with van der Waals surface area (Å²) >= 11 is 1.90. The zero-order chi connectivity index (χ0) is 17.6. The first-order valence-corrected chi connectivity index (χ1v) is 10.1. The molecular weight excluding hydrogens is 407 g/mol. The van der Waals surface area contributed by atoms with Crippen LogP contribution in [0.2, 0.25) is 0 Å². The van der Waals surface area contributed by atoms with E-state index < -0.39 is 0 Å². The summed E-state index contributed by atoms with van der Waals surface area (Å²) in [5.41, 5.74) is 0.871. The van der Waals surface area contributed by atoms with Gasteiger partial charge in [-0.1, -0.05) is 6.07 Å². The maximum atomic E-state index is 12.6. The van der Waals surface area contributed by atoms with Gasteiger partial charge in [0.1, 0.15) is 5.82 Å². The molecule has 3 rings (SSSR count). The second kappa shape index (κ2) is 11.7. The minimum Gasteiger partial charge on any atom is -0.342 e. The molecule has 1 aromatic heterocycles. The summed E-state index contributed by atoms with van der Waals surface area (Å²) in [4.78, 5) is 31.3. The molecule has 9 heteroatoms. The number of hydrogen-bond donors (Lipinski definition) is 2. The van der Waals surface area contributed by atoms with E-state index in [9.17, 15) is 9.59 Å². The van der Waals surface area contributed by atoms with Crippen LogP contribution >= 0.6 is 36.6 Å². The molecular formula is C18H28Cl2N4O2S. The molecule has 6 nitrogen and oxygen atoms in total. The molecule has 2 N–H and O–H groups in total. The van der Waals surface area contributed by atoms with Gasteiger partial charge in [0.05, 0.1) is 5.92 Å². The number of rotatable bonds is 4. The Labute approximate surface area is 177 Å². The van der Waals surface area contributed by atoms with Crippen molar-refractivity contribution in [1.82, 2.24) is 15.2 Å². The number of pyridine rings is 1. The third-order valence-corrected chi connectivity index (χ3v) is 5.83. The number of aryl methyl sites for hydroxylation is 1. The van der Waals surface area contributed by atoms with Gasteiger partial charge in [-0.2, -0.15) is 11.8 Å². The van der Waals surface area contributed by atoms with Crippen molar-refractivity contribution in [3.05, 3.63) is 23.9 Å². The maximum absolute atomic E-state index is 12.6. The van der Waals surface area contributed by atoms with Crippen molar-refractivity contribution in [2.24, 2.45) is 5.92 Å². The first-order chi connectivity index (χ1) is 12.1. The minimum absolute atomic E-state index is 0. The zero-order valence-electron chi connectivity index (χ0n) is 15.5. The average Bonchev–Trinajstić information content (AvgIpc) is 2.62.